The molecule has 2 aromatic carbocycles. The fourth-order valence-corrected chi connectivity index (χ4v) is 3.84. The van der Waals surface area contributed by atoms with Crippen molar-refractivity contribution >= 4 is 34.2 Å². The summed E-state index contributed by atoms with van der Waals surface area (Å²) in [6.07, 6.45) is 0. The van der Waals surface area contributed by atoms with Gasteiger partial charge in [-0.1, -0.05) is 23.7 Å². The summed E-state index contributed by atoms with van der Waals surface area (Å²) < 4.78 is 2.61. The van der Waals surface area contributed by atoms with Crippen LogP contribution in [-0.4, -0.2) is 46.1 Å². The first-order valence-electron chi connectivity index (χ1n) is 9.42. The van der Waals surface area contributed by atoms with E-state index < -0.39 is 11.1 Å². The number of amides is 1. The van der Waals surface area contributed by atoms with Gasteiger partial charge in [0.15, 0.2) is 0 Å². The van der Waals surface area contributed by atoms with Crippen molar-refractivity contribution in [3.05, 3.63) is 74.3 Å². The van der Waals surface area contributed by atoms with Gasteiger partial charge in [0.1, 0.15) is 6.54 Å². The van der Waals surface area contributed by atoms with Gasteiger partial charge in [-0.05, 0) is 36.4 Å². The number of aromatic nitrogens is 2. The smallest absolute Gasteiger partial charge is 0.317 e. The second-order valence-corrected chi connectivity index (χ2v) is 7.52. The van der Waals surface area contributed by atoms with Gasteiger partial charge in [-0.15, -0.1) is 0 Å². The van der Waals surface area contributed by atoms with Crippen LogP contribution < -0.4 is 16.0 Å². The summed E-state index contributed by atoms with van der Waals surface area (Å²) in [5, 5.41) is 0.689. The van der Waals surface area contributed by atoms with Crippen molar-refractivity contribution < 1.29 is 4.79 Å². The van der Waals surface area contributed by atoms with Crippen LogP contribution >= 0.6 is 11.6 Å². The van der Waals surface area contributed by atoms with Crippen LogP contribution in [0.15, 0.2) is 58.1 Å². The molecule has 3 aromatic rings. The monoisotopic (exact) mass is 412 g/mol. The van der Waals surface area contributed by atoms with Crippen LogP contribution in [0.5, 0.6) is 0 Å². The van der Waals surface area contributed by atoms with Gasteiger partial charge in [-0.25, -0.2) is 0 Å². The molecule has 1 saturated heterocycles. The van der Waals surface area contributed by atoms with E-state index >= 15 is 0 Å². The zero-order valence-corrected chi connectivity index (χ0v) is 16.8. The van der Waals surface area contributed by atoms with Crippen molar-refractivity contribution in [3.8, 4) is 0 Å². The molecule has 0 N–H and O–H groups in total. The molecular formula is C21H21ClN4O3. The average Bonchev–Trinajstić information content (AvgIpc) is 2.75. The maximum absolute atomic E-state index is 12.9. The first-order valence-corrected chi connectivity index (χ1v) is 9.80. The first-order chi connectivity index (χ1) is 14.0. The topological polar surface area (TPSA) is 67.5 Å². The number of para-hydroxylation sites is 2. The van der Waals surface area contributed by atoms with Gasteiger partial charge < -0.3 is 14.4 Å². The van der Waals surface area contributed by atoms with E-state index in [0.717, 1.165) is 5.69 Å². The number of benzene rings is 2. The van der Waals surface area contributed by atoms with Gasteiger partial charge in [-0.2, -0.15) is 0 Å². The maximum Gasteiger partial charge on any atom is 0.317 e. The number of aryl methyl sites for hydroxylation is 1. The molecule has 29 heavy (non-hydrogen) atoms. The third kappa shape index (κ3) is 3.65. The highest BCUT2D eigenvalue weighted by Gasteiger charge is 2.23. The van der Waals surface area contributed by atoms with Gasteiger partial charge >= 0.3 is 11.1 Å². The van der Waals surface area contributed by atoms with Gasteiger partial charge in [0.2, 0.25) is 5.91 Å². The number of fused-ring (bicyclic) bond motifs is 1. The molecule has 0 saturated carbocycles. The standard InChI is InChI=1S/C21H21ClN4O3/c1-23-17-4-2-3-5-18(17)26(21(29)20(23)28)14-19(27)25-12-10-24(11-13-25)16-8-6-15(22)7-9-16/h2-9H,10-14H2,1H3. The molecule has 2 heterocycles. The Hall–Kier alpha value is -3.06. The molecule has 1 aromatic heterocycles. The number of hydrogen-bond acceptors (Lipinski definition) is 4. The summed E-state index contributed by atoms with van der Waals surface area (Å²) in [4.78, 5) is 41.6. The Bertz CT molecular complexity index is 1180. The minimum Gasteiger partial charge on any atom is -0.368 e. The fraction of sp³-hybridized carbons (Fsp3) is 0.286. The third-order valence-corrected chi connectivity index (χ3v) is 5.64. The lowest BCUT2D eigenvalue weighted by Gasteiger charge is -2.36. The molecule has 0 radical (unpaired) electrons. The van der Waals surface area contributed by atoms with Crippen molar-refractivity contribution in [3.63, 3.8) is 0 Å². The minimum atomic E-state index is -0.681. The molecule has 150 valence electrons. The predicted octanol–water partition coefficient (Wildman–Crippen LogP) is 1.70. The van der Waals surface area contributed by atoms with Crippen molar-refractivity contribution in [1.82, 2.24) is 14.0 Å². The lowest BCUT2D eigenvalue weighted by atomic mass is 10.2. The zero-order valence-electron chi connectivity index (χ0n) is 16.0. The number of anilines is 1. The highest BCUT2D eigenvalue weighted by atomic mass is 35.5. The van der Waals surface area contributed by atoms with E-state index in [0.29, 0.717) is 42.2 Å². The second-order valence-electron chi connectivity index (χ2n) is 7.09. The molecule has 7 nitrogen and oxygen atoms in total. The summed E-state index contributed by atoms with van der Waals surface area (Å²) in [5.41, 5.74) is 0.948. The van der Waals surface area contributed by atoms with Crippen LogP contribution in [0.25, 0.3) is 11.0 Å². The van der Waals surface area contributed by atoms with Gasteiger partial charge in [0.05, 0.1) is 11.0 Å². The van der Waals surface area contributed by atoms with E-state index in [4.69, 9.17) is 11.6 Å². The first kappa shape index (κ1) is 19.3. The maximum atomic E-state index is 12.9. The second kappa shape index (κ2) is 7.75. The molecule has 8 heteroatoms. The summed E-state index contributed by atoms with van der Waals surface area (Å²) in [7, 11) is 1.56. The molecule has 4 rings (SSSR count). The molecule has 0 unspecified atom stereocenters. The zero-order chi connectivity index (χ0) is 20.5. The molecule has 1 amide bonds. The molecule has 0 atom stereocenters. The van der Waals surface area contributed by atoms with Crippen LogP contribution in [-0.2, 0) is 18.4 Å². The Kier molecular flexibility index (Phi) is 5.15. The number of piperazine rings is 1. The SMILES string of the molecule is Cn1c(=O)c(=O)n(CC(=O)N2CCN(c3ccc(Cl)cc3)CC2)c2ccccc21. The Morgan fingerprint density at radius 2 is 1.52 bits per heavy atom. The molecule has 0 aliphatic carbocycles. The molecule has 1 fully saturated rings. The summed E-state index contributed by atoms with van der Waals surface area (Å²) in [5.74, 6) is -0.165. The number of rotatable bonds is 3. The van der Waals surface area contributed by atoms with Crippen LogP contribution in [0.1, 0.15) is 0 Å². The Morgan fingerprint density at radius 1 is 0.897 bits per heavy atom. The molecule has 1 aliphatic rings. The van der Waals surface area contributed by atoms with Gasteiger partial charge in [0.25, 0.3) is 0 Å². The van der Waals surface area contributed by atoms with E-state index in [1.807, 2.05) is 24.3 Å². The van der Waals surface area contributed by atoms with E-state index in [-0.39, 0.29) is 12.5 Å². The molecular weight excluding hydrogens is 392 g/mol. The number of carbonyl (C=O) groups excluding carboxylic acids is 1. The van der Waals surface area contributed by atoms with Gasteiger partial charge in [-0.3, -0.25) is 19.0 Å². The minimum absolute atomic E-state index is 0.142. The van der Waals surface area contributed by atoms with Crippen LogP contribution in [0.2, 0.25) is 5.02 Å². The predicted molar refractivity (Wildman–Crippen MR) is 114 cm³/mol. The molecule has 1 aliphatic heterocycles. The fourth-order valence-electron chi connectivity index (χ4n) is 3.71. The summed E-state index contributed by atoms with van der Waals surface area (Å²) in [6.45, 7) is 2.35. The highest BCUT2D eigenvalue weighted by molar-refractivity contribution is 6.30. The van der Waals surface area contributed by atoms with Crippen LogP contribution in [0.3, 0.4) is 0 Å². The van der Waals surface area contributed by atoms with Crippen LogP contribution in [0.4, 0.5) is 5.69 Å². The number of hydrogen-bond donors (Lipinski definition) is 0. The summed E-state index contributed by atoms with van der Waals surface area (Å²) >= 11 is 5.94. The van der Waals surface area contributed by atoms with Crippen molar-refractivity contribution in [2.75, 3.05) is 31.1 Å². The molecule has 0 spiro atoms. The number of carbonyl (C=O) groups is 1. The number of nitrogens with zero attached hydrogens (tertiary/aromatic N) is 4. The Labute approximate surface area is 172 Å². The van der Waals surface area contributed by atoms with Gasteiger partial charge in [0, 0.05) is 43.9 Å². The van der Waals surface area contributed by atoms with Crippen molar-refractivity contribution in [2.45, 2.75) is 6.54 Å². The van der Waals surface area contributed by atoms with Crippen LogP contribution in [0, 0.1) is 0 Å². The largest absolute Gasteiger partial charge is 0.368 e. The number of halogens is 1. The van der Waals surface area contributed by atoms with Crippen molar-refractivity contribution in [1.29, 1.82) is 0 Å². The Morgan fingerprint density at radius 3 is 2.17 bits per heavy atom. The van der Waals surface area contributed by atoms with E-state index in [1.165, 1.54) is 9.13 Å². The molecule has 0 bridgehead atoms. The van der Waals surface area contributed by atoms with E-state index in [9.17, 15) is 14.4 Å². The lowest BCUT2D eigenvalue weighted by Crippen LogP contribution is -2.51. The third-order valence-electron chi connectivity index (χ3n) is 5.38. The normalized spacial score (nSPS) is 14.4. The summed E-state index contributed by atoms with van der Waals surface area (Å²) in [6, 6.07) is 14.7. The van der Waals surface area contributed by atoms with Crippen molar-refractivity contribution in [2.24, 2.45) is 7.05 Å². The highest BCUT2D eigenvalue weighted by Crippen LogP contribution is 2.19. The van der Waals surface area contributed by atoms with E-state index in [1.54, 1.807) is 36.2 Å². The lowest BCUT2D eigenvalue weighted by molar-refractivity contribution is -0.132. The Balaban J connectivity index is 1.52. The quantitative estimate of drug-likeness (QED) is 0.614. The average molecular weight is 413 g/mol. The van der Waals surface area contributed by atoms with E-state index in [2.05, 4.69) is 4.90 Å².